The van der Waals surface area contributed by atoms with Crippen LogP contribution in [-0.4, -0.2) is 171 Å². The fourth-order valence-corrected chi connectivity index (χ4v) is 15.7. The van der Waals surface area contributed by atoms with Crippen LogP contribution < -0.4 is 29.5 Å². The van der Waals surface area contributed by atoms with Crippen molar-refractivity contribution >= 4 is 61.2 Å². The Morgan fingerprint density at radius 2 is 1.67 bits per heavy atom. The molecule has 1 spiro atoms. The Kier molecular flexibility index (Phi) is 16.2. The van der Waals surface area contributed by atoms with Crippen molar-refractivity contribution in [3.8, 4) is 5.75 Å². The Bertz CT molecular complexity index is 3590. The number of aryl methyl sites for hydroxylation is 1. The molecule has 3 aromatic carbocycles. The second-order valence-electron chi connectivity index (χ2n) is 25.4. The number of ether oxygens (including phenoxy) is 3. The number of carbonyl (C=O) groups is 1. The topological polar surface area (TPSA) is 227 Å². The summed E-state index contributed by atoms with van der Waals surface area (Å²) in [5.41, 5.74) is 7.07. The number of piperidine rings is 1. The number of nitro benzene ring substituents is 1. The lowest BCUT2D eigenvalue weighted by molar-refractivity contribution is -0.384. The van der Waals surface area contributed by atoms with Crippen LogP contribution in [0.5, 0.6) is 5.75 Å². The van der Waals surface area contributed by atoms with Crippen LogP contribution in [0, 0.1) is 28.4 Å². The van der Waals surface area contributed by atoms with Crippen LogP contribution in [0.3, 0.4) is 0 Å². The van der Waals surface area contributed by atoms with Crippen molar-refractivity contribution < 1.29 is 37.5 Å². The van der Waals surface area contributed by atoms with Crippen molar-refractivity contribution in [2.45, 2.75) is 107 Å². The lowest BCUT2D eigenvalue weighted by atomic mass is 9.59. The number of carbonyl (C=O) groups excluding carboxylic acids is 1. The Morgan fingerprint density at radius 3 is 2.45 bits per heavy atom. The van der Waals surface area contributed by atoms with Crippen LogP contribution in [-0.2, 0) is 32.6 Å². The zero-order valence-corrected chi connectivity index (χ0v) is 50.4. The third-order valence-electron chi connectivity index (χ3n) is 19.8. The van der Waals surface area contributed by atoms with Gasteiger partial charge in [0.1, 0.15) is 11.3 Å². The molecular weight excluding hydrogens is 1110 g/mol. The molecule has 13 rings (SSSR count). The normalized spacial score (nSPS) is 24.2. The first-order valence-corrected chi connectivity index (χ1v) is 32.2. The SMILES string of the molecule is COc1cc(CN2CCN(C3CC4(CCN(c5ccc(C(=O)NS(=O)(=O)c6ccc(NC[C@H]7CC[C@](C)(O)CC7)c([N+](=O)[O-])c6)c(N6C[C@H]7COCCN7Cc7nc8[nH]ccc8cc76)c5)CC4)C3)[C@H](c3ccccc3C)C2)cnc1N1CCOCC1. The molecule has 86 heavy (non-hydrogen) atoms. The summed E-state index contributed by atoms with van der Waals surface area (Å²) in [6.45, 7) is 15.5. The van der Waals surface area contributed by atoms with Crippen molar-refractivity contribution in [2.75, 3.05) is 119 Å². The van der Waals surface area contributed by atoms with E-state index in [1.807, 2.05) is 37.5 Å². The molecule has 21 nitrogen and oxygen atoms in total. The van der Waals surface area contributed by atoms with Gasteiger partial charge in [-0.25, -0.2) is 23.1 Å². The zero-order chi connectivity index (χ0) is 59.3. The second-order valence-corrected chi connectivity index (χ2v) is 27.1. The summed E-state index contributed by atoms with van der Waals surface area (Å²) >= 11 is 0. The number of hydrogen-bond acceptors (Lipinski definition) is 18. The molecule has 456 valence electrons. The Labute approximate surface area is 503 Å². The van der Waals surface area contributed by atoms with E-state index in [1.165, 1.54) is 23.3 Å². The molecule has 2 aliphatic carbocycles. The number of aliphatic hydroxyl groups is 1. The number of nitro groups is 1. The van der Waals surface area contributed by atoms with E-state index in [0.29, 0.717) is 77.2 Å². The number of methoxy groups -OCH3 is 1. The number of anilines is 5. The van der Waals surface area contributed by atoms with E-state index in [4.69, 9.17) is 24.2 Å². The number of aromatic amines is 1. The third-order valence-corrected chi connectivity index (χ3v) is 21.2. The number of H-pyrrole nitrogens is 1. The van der Waals surface area contributed by atoms with E-state index < -0.39 is 37.0 Å². The summed E-state index contributed by atoms with van der Waals surface area (Å²) in [7, 11) is -2.91. The number of sulfonamides is 1. The van der Waals surface area contributed by atoms with Gasteiger partial charge in [-0.2, -0.15) is 0 Å². The molecule has 5 aliphatic heterocycles. The molecule has 1 amide bonds. The van der Waals surface area contributed by atoms with Gasteiger partial charge >= 0.3 is 0 Å². The van der Waals surface area contributed by atoms with E-state index in [2.05, 4.69) is 87.7 Å². The van der Waals surface area contributed by atoms with E-state index in [0.717, 1.165) is 142 Å². The van der Waals surface area contributed by atoms with Crippen molar-refractivity contribution in [1.29, 1.82) is 0 Å². The molecule has 6 aromatic rings. The molecule has 2 saturated carbocycles. The summed E-state index contributed by atoms with van der Waals surface area (Å²) in [4.78, 5) is 54.2. The standard InChI is InChI=1S/C64H80N12O9S/c1-43-6-4-5-7-51(43)58-41-70(38-45-30-59(83-3)61(67-37-45)72-24-27-84-28-25-72)22-23-74(58)48-34-64(35-48)17-20-71(21-18-64)47-8-10-52(55(32-47)75-39-49-42-85-29-26-73(49)40-54-56(75)31-46-14-19-65-60(46)68-54)62(77)69-86(81,82)50-9-11-53(57(33-50)76(79)80)66-36-44-12-15-63(2,78)16-13-44/h4-11,14,19,30-33,37,44,48-49,58,66,78H,12-13,15-18,20-29,34-36,38-42H2,1-3H3,(H,65,68)(H,69,77)/t44-,49-,58-,63-/m0/s1. The Balaban J connectivity index is 0.738. The number of rotatable bonds is 15. The molecule has 8 heterocycles. The van der Waals surface area contributed by atoms with Crippen LogP contribution >= 0.6 is 0 Å². The molecule has 0 unspecified atom stereocenters. The van der Waals surface area contributed by atoms with Gasteiger partial charge in [-0.15, -0.1) is 0 Å². The largest absolute Gasteiger partial charge is 0.493 e. The maximum absolute atomic E-state index is 14.9. The van der Waals surface area contributed by atoms with Gasteiger partial charge < -0.3 is 44.3 Å². The maximum atomic E-state index is 14.9. The van der Waals surface area contributed by atoms with Crippen molar-refractivity contribution in [3.05, 3.63) is 129 Å². The zero-order valence-electron chi connectivity index (χ0n) is 49.6. The molecule has 6 fully saturated rings. The smallest absolute Gasteiger partial charge is 0.293 e. The van der Waals surface area contributed by atoms with Crippen LogP contribution in [0.4, 0.5) is 34.3 Å². The van der Waals surface area contributed by atoms with Gasteiger partial charge in [0, 0.05) is 120 Å². The van der Waals surface area contributed by atoms with Crippen LogP contribution in [0.1, 0.15) is 97.1 Å². The van der Waals surface area contributed by atoms with Gasteiger partial charge in [0.2, 0.25) is 0 Å². The first kappa shape index (κ1) is 58.1. The average Bonchev–Trinajstić information content (AvgIpc) is 1.44. The number of aromatic nitrogens is 3. The number of hydrogen-bond donors (Lipinski definition) is 4. The molecule has 4 saturated heterocycles. The number of amides is 1. The third kappa shape index (κ3) is 12.0. The molecule has 22 heteroatoms. The Hall–Kier alpha value is -6.92. The van der Waals surface area contributed by atoms with Gasteiger partial charge in [0.25, 0.3) is 21.6 Å². The van der Waals surface area contributed by atoms with Crippen molar-refractivity contribution in [1.82, 2.24) is 34.4 Å². The predicted octanol–water partition coefficient (Wildman–Crippen LogP) is 8.15. The fourth-order valence-electron chi connectivity index (χ4n) is 14.7. The van der Waals surface area contributed by atoms with Gasteiger partial charge in [-0.1, -0.05) is 24.3 Å². The number of fused-ring (bicyclic) bond motifs is 3. The molecule has 4 N–H and O–H groups in total. The number of morpholine rings is 2. The summed E-state index contributed by atoms with van der Waals surface area (Å²) in [6.07, 6.45) is 11.0. The minimum atomic E-state index is -4.63. The van der Waals surface area contributed by atoms with E-state index >= 15 is 0 Å². The van der Waals surface area contributed by atoms with Gasteiger partial charge in [-0.3, -0.25) is 29.6 Å². The lowest BCUT2D eigenvalue weighted by Gasteiger charge is -2.58. The minimum Gasteiger partial charge on any atom is -0.493 e. The monoisotopic (exact) mass is 1190 g/mol. The quantitative estimate of drug-likeness (QED) is 0.0562. The number of nitrogens with one attached hydrogen (secondary N) is 3. The van der Waals surface area contributed by atoms with Gasteiger partial charge in [0.05, 0.1) is 77.6 Å². The average molecular weight is 1190 g/mol. The highest BCUT2D eigenvalue weighted by Gasteiger charge is 2.50. The predicted molar refractivity (Wildman–Crippen MR) is 330 cm³/mol. The Morgan fingerprint density at radius 1 is 0.884 bits per heavy atom. The maximum Gasteiger partial charge on any atom is 0.293 e. The second kappa shape index (κ2) is 24.0. The van der Waals surface area contributed by atoms with E-state index in [-0.39, 0.29) is 34.7 Å². The number of piperazine rings is 1. The summed E-state index contributed by atoms with van der Waals surface area (Å²) in [5.74, 6) is 1.01. The van der Waals surface area contributed by atoms with Crippen LogP contribution in [0.2, 0.25) is 0 Å². The number of pyridine rings is 2. The highest BCUT2D eigenvalue weighted by molar-refractivity contribution is 7.90. The highest BCUT2D eigenvalue weighted by Crippen LogP contribution is 2.54. The van der Waals surface area contributed by atoms with Crippen molar-refractivity contribution in [3.63, 3.8) is 0 Å². The van der Waals surface area contributed by atoms with Crippen LogP contribution in [0.25, 0.3) is 11.0 Å². The van der Waals surface area contributed by atoms with Gasteiger partial charge in [0.15, 0.2) is 11.6 Å². The summed E-state index contributed by atoms with van der Waals surface area (Å²) in [6, 6.07) is 25.1. The minimum absolute atomic E-state index is 0.0606. The number of benzene rings is 3. The number of nitrogens with zero attached hydrogens (tertiary/aromatic N) is 9. The molecule has 0 bridgehead atoms. The summed E-state index contributed by atoms with van der Waals surface area (Å²) < 4.78 is 48.6. The van der Waals surface area contributed by atoms with Crippen molar-refractivity contribution in [2.24, 2.45) is 11.3 Å². The molecule has 7 aliphatic rings. The van der Waals surface area contributed by atoms with Crippen LogP contribution in [0.15, 0.2) is 96.2 Å². The highest BCUT2D eigenvalue weighted by atomic mass is 32.2. The fraction of sp³-hybridized carbons (Fsp3) is 0.516. The lowest BCUT2D eigenvalue weighted by Crippen LogP contribution is -2.59. The first-order valence-electron chi connectivity index (χ1n) is 30.7. The van der Waals surface area contributed by atoms with Gasteiger partial charge in [-0.05, 0) is 142 Å². The molecular formula is C64H80N12O9S. The van der Waals surface area contributed by atoms with E-state index in [9.17, 15) is 28.4 Å². The first-order chi connectivity index (χ1) is 41.6. The molecule has 2 atom stereocenters. The van der Waals surface area contributed by atoms with E-state index in [1.54, 1.807) is 13.2 Å². The molecule has 3 aromatic heterocycles. The summed E-state index contributed by atoms with van der Waals surface area (Å²) in [5, 5.41) is 27.0. The molecule has 0 radical (unpaired) electrons.